The Balaban J connectivity index is 2.06. The predicted molar refractivity (Wildman–Crippen MR) is 73.4 cm³/mol. The number of pyridine rings is 1. The van der Waals surface area contributed by atoms with Gasteiger partial charge in [0.05, 0.1) is 0 Å². The van der Waals surface area contributed by atoms with Crippen LogP contribution in [-0.2, 0) is 6.54 Å². The highest BCUT2D eigenvalue weighted by Gasteiger charge is 2.29. The van der Waals surface area contributed by atoms with E-state index in [1.165, 1.54) is 36.5 Å². The van der Waals surface area contributed by atoms with E-state index in [2.05, 4.69) is 15.0 Å². The number of rotatable bonds is 5. The minimum Gasteiger partial charge on any atom is -0.467 e. The first-order valence-corrected chi connectivity index (χ1v) is 6.53. The molecule has 0 radical (unpaired) electrons. The molecule has 0 fully saturated rings. The van der Waals surface area contributed by atoms with E-state index in [9.17, 15) is 22.4 Å². The zero-order valence-corrected chi connectivity index (χ0v) is 11.7. The Morgan fingerprint density at radius 2 is 1.91 bits per heavy atom. The Bertz CT molecular complexity index is 689. The molecule has 0 saturated carbocycles. The van der Waals surface area contributed by atoms with Crippen molar-refractivity contribution in [2.75, 3.05) is 6.61 Å². The molecule has 1 N–H and O–H groups in total. The molecule has 4 nitrogen and oxygen atoms in total. The molecule has 0 saturated heterocycles. The highest BCUT2D eigenvalue weighted by atomic mass is 19.4. The van der Waals surface area contributed by atoms with Crippen LogP contribution in [-0.4, -0.2) is 23.7 Å². The van der Waals surface area contributed by atoms with Gasteiger partial charge in [-0.1, -0.05) is 18.2 Å². The van der Waals surface area contributed by atoms with E-state index in [1.54, 1.807) is 6.07 Å². The molecular weight excluding hydrogens is 316 g/mol. The van der Waals surface area contributed by atoms with Crippen molar-refractivity contribution < 1.29 is 27.1 Å². The number of aromatic nitrogens is 1. The first-order chi connectivity index (χ1) is 10.9. The van der Waals surface area contributed by atoms with Gasteiger partial charge >= 0.3 is 6.18 Å². The van der Waals surface area contributed by atoms with Crippen LogP contribution in [0.1, 0.15) is 15.9 Å². The van der Waals surface area contributed by atoms with Crippen molar-refractivity contribution in [1.82, 2.24) is 10.3 Å². The standard InChI is InChI=1S/C15H12F4N2O2/c16-12-6-2-1-4-10(12)8-21-13(22)11-5-3-7-20-14(11)23-9-15(17,18)19/h1-7H,8-9H2,(H,21,22). The molecule has 2 rings (SSSR count). The maximum atomic E-state index is 13.5. The maximum absolute atomic E-state index is 13.5. The summed E-state index contributed by atoms with van der Waals surface area (Å²) < 4.78 is 54.6. The lowest BCUT2D eigenvalue weighted by Crippen LogP contribution is -2.26. The van der Waals surface area contributed by atoms with E-state index in [1.807, 2.05) is 0 Å². The maximum Gasteiger partial charge on any atom is 0.422 e. The van der Waals surface area contributed by atoms with Crippen LogP contribution >= 0.6 is 0 Å². The second-order valence-corrected chi connectivity index (χ2v) is 4.53. The first kappa shape index (κ1) is 16.7. The van der Waals surface area contributed by atoms with Crippen LogP contribution in [0.2, 0.25) is 0 Å². The summed E-state index contributed by atoms with van der Waals surface area (Å²) in [5.74, 6) is -1.64. The summed E-state index contributed by atoms with van der Waals surface area (Å²) in [5.41, 5.74) is 0.0931. The molecule has 23 heavy (non-hydrogen) atoms. The molecule has 0 aliphatic carbocycles. The number of amides is 1. The molecule has 1 amide bonds. The van der Waals surface area contributed by atoms with Crippen molar-refractivity contribution in [2.24, 2.45) is 0 Å². The van der Waals surface area contributed by atoms with Crippen molar-refractivity contribution in [3.63, 3.8) is 0 Å². The van der Waals surface area contributed by atoms with Gasteiger partial charge in [0.1, 0.15) is 11.4 Å². The molecule has 1 aromatic carbocycles. The SMILES string of the molecule is O=C(NCc1ccccc1F)c1cccnc1OCC(F)(F)F. The monoisotopic (exact) mass is 328 g/mol. The van der Waals surface area contributed by atoms with Crippen molar-refractivity contribution in [1.29, 1.82) is 0 Å². The third-order valence-electron chi connectivity index (χ3n) is 2.79. The third kappa shape index (κ3) is 4.94. The number of ether oxygens (including phenoxy) is 1. The normalized spacial score (nSPS) is 11.1. The molecule has 122 valence electrons. The van der Waals surface area contributed by atoms with Gasteiger partial charge in [-0.15, -0.1) is 0 Å². The van der Waals surface area contributed by atoms with Crippen molar-refractivity contribution >= 4 is 5.91 Å². The Labute approximate surface area is 129 Å². The van der Waals surface area contributed by atoms with Gasteiger partial charge in [-0.3, -0.25) is 4.79 Å². The average Bonchev–Trinajstić information content (AvgIpc) is 2.51. The van der Waals surface area contributed by atoms with E-state index in [0.29, 0.717) is 0 Å². The second kappa shape index (κ2) is 7.08. The van der Waals surface area contributed by atoms with Crippen LogP contribution < -0.4 is 10.1 Å². The van der Waals surface area contributed by atoms with E-state index >= 15 is 0 Å². The fraction of sp³-hybridized carbons (Fsp3) is 0.200. The predicted octanol–water partition coefficient (Wildman–Crippen LogP) is 3.09. The molecule has 1 heterocycles. The molecule has 0 spiro atoms. The summed E-state index contributed by atoms with van der Waals surface area (Å²) in [4.78, 5) is 15.7. The summed E-state index contributed by atoms with van der Waals surface area (Å²) in [7, 11) is 0. The molecule has 0 unspecified atom stereocenters. The van der Waals surface area contributed by atoms with E-state index in [-0.39, 0.29) is 17.7 Å². The number of hydrogen-bond donors (Lipinski definition) is 1. The van der Waals surface area contributed by atoms with Gasteiger partial charge in [-0.05, 0) is 18.2 Å². The van der Waals surface area contributed by atoms with Crippen molar-refractivity contribution in [3.05, 3.63) is 59.5 Å². The van der Waals surface area contributed by atoms with Gasteiger partial charge in [0.15, 0.2) is 6.61 Å². The highest BCUT2D eigenvalue weighted by Crippen LogP contribution is 2.20. The van der Waals surface area contributed by atoms with Crippen LogP contribution in [0, 0.1) is 5.82 Å². The molecular formula is C15H12F4N2O2. The lowest BCUT2D eigenvalue weighted by Gasteiger charge is -2.12. The van der Waals surface area contributed by atoms with Gasteiger partial charge in [0.25, 0.3) is 5.91 Å². The molecule has 0 aliphatic heterocycles. The zero-order valence-electron chi connectivity index (χ0n) is 11.7. The fourth-order valence-electron chi connectivity index (χ4n) is 1.74. The van der Waals surface area contributed by atoms with Crippen LogP contribution in [0.15, 0.2) is 42.6 Å². The number of alkyl halides is 3. The summed E-state index contributed by atoms with van der Waals surface area (Å²) in [6, 6.07) is 8.49. The zero-order chi connectivity index (χ0) is 16.9. The Morgan fingerprint density at radius 3 is 2.61 bits per heavy atom. The van der Waals surface area contributed by atoms with Gasteiger partial charge < -0.3 is 10.1 Å². The lowest BCUT2D eigenvalue weighted by molar-refractivity contribution is -0.154. The summed E-state index contributed by atoms with van der Waals surface area (Å²) in [6.07, 6.45) is -3.34. The van der Waals surface area contributed by atoms with Crippen LogP contribution in [0.3, 0.4) is 0 Å². The minimum absolute atomic E-state index is 0.112. The van der Waals surface area contributed by atoms with Gasteiger partial charge in [-0.25, -0.2) is 9.37 Å². The fourth-order valence-corrected chi connectivity index (χ4v) is 1.74. The van der Waals surface area contributed by atoms with Crippen molar-refractivity contribution in [2.45, 2.75) is 12.7 Å². The third-order valence-corrected chi connectivity index (χ3v) is 2.79. The quantitative estimate of drug-likeness (QED) is 0.858. The minimum atomic E-state index is -4.54. The summed E-state index contributed by atoms with van der Waals surface area (Å²) in [6.45, 7) is -1.67. The number of halogens is 4. The van der Waals surface area contributed by atoms with E-state index in [4.69, 9.17) is 0 Å². The second-order valence-electron chi connectivity index (χ2n) is 4.53. The number of nitrogens with zero attached hydrogens (tertiary/aromatic N) is 1. The smallest absolute Gasteiger partial charge is 0.422 e. The average molecular weight is 328 g/mol. The Kier molecular flexibility index (Phi) is 5.15. The first-order valence-electron chi connectivity index (χ1n) is 6.53. The van der Waals surface area contributed by atoms with Crippen molar-refractivity contribution in [3.8, 4) is 5.88 Å². The van der Waals surface area contributed by atoms with Crippen LogP contribution in [0.4, 0.5) is 17.6 Å². The number of hydrogen-bond acceptors (Lipinski definition) is 3. The largest absolute Gasteiger partial charge is 0.467 e. The molecule has 0 aliphatic rings. The Hall–Kier alpha value is -2.64. The summed E-state index contributed by atoms with van der Waals surface area (Å²) in [5, 5.41) is 2.41. The topological polar surface area (TPSA) is 51.2 Å². The molecule has 1 aromatic heterocycles. The summed E-state index contributed by atoms with van der Waals surface area (Å²) >= 11 is 0. The number of carbonyl (C=O) groups excluding carboxylic acids is 1. The van der Waals surface area contributed by atoms with Gasteiger partial charge in [0.2, 0.25) is 5.88 Å². The lowest BCUT2D eigenvalue weighted by atomic mass is 10.2. The van der Waals surface area contributed by atoms with E-state index < -0.39 is 30.4 Å². The Morgan fingerprint density at radius 1 is 1.17 bits per heavy atom. The molecule has 2 aromatic rings. The van der Waals surface area contributed by atoms with Crippen LogP contribution in [0.5, 0.6) is 5.88 Å². The van der Waals surface area contributed by atoms with Crippen LogP contribution in [0.25, 0.3) is 0 Å². The highest BCUT2D eigenvalue weighted by molar-refractivity contribution is 5.96. The van der Waals surface area contributed by atoms with Gasteiger partial charge in [-0.2, -0.15) is 13.2 Å². The number of nitrogens with one attached hydrogen (secondary N) is 1. The van der Waals surface area contributed by atoms with E-state index in [0.717, 1.165) is 0 Å². The molecule has 0 atom stereocenters. The molecule has 8 heteroatoms. The molecule has 0 bridgehead atoms. The van der Waals surface area contributed by atoms with Gasteiger partial charge in [0, 0.05) is 18.3 Å². The number of carbonyl (C=O) groups is 1. The number of benzene rings is 1.